The van der Waals surface area contributed by atoms with Crippen LogP contribution in [0.5, 0.6) is 11.5 Å². The van der Waals surface area contributed by atoms with E-state index in [9.17, 15) is 4.79 Å². The molecule has 2 aliphatic heterocycles. The maximum Gasteiger partial charge on any atom is 0.250 e. The zero-order valence-electron chi connectivity index (χ0n) is 16.2. The molecular formula is C22H25N3O3. The van der Waals surface area contributed by atoms with Crippen LogP contribution in [-0.4, -0.2) is 42.6 Å². The Balaban J connectivity index is 1.39. The Morgan fingerprint density at radius 3 is 2.57 bits per heavy atom. The predicted molar refractivity (Wildman–Crippen MR) is 107 cm³/mol. The van der Waals surface area contributed by atoms with E-state index in [1.807, 2.05) is 64.8 Å². The van der Waals surface area contributed by atoms with E-state index in [-0.39, 0.29) is 18.0 Å². The van der Waals surface area contributed by atoms with Gasteiger partial charge in [0.05, 0.1) is 20.3 Å². The number of hydrazine groups is 1. The number of amides is 1. The van der Waals surface area contributed by atoms with Crippen LogP contribution in [0.1, 0.15) is 23.6 Å². The van der Waals surface area contributed by atoms with Gasteiger partial charge in [-0.05, 0) is 48.2 Å². The number of methoxy groups -OCH3 is 2. The molecule has 6 nitrogen and oxygen atoms in total. The summed E-state index contributed by atoms with van der Waals surface area (Å²) in [4.78, 5) is 14.8. The molecule has 4 rings (SSSR count). The summed E-state index contributed by atoms with van der Waals surface area (Å²) in [6.07, 6.45) is 5.36. The van der Waals surface area contributed by atoms with Gasteiger partial charge in [0, 0.05) is 18.9 Å². The van der Waals surface area contributed by atoms with Gasteiger partial charge in [-0.1, -0.05) is 24.3 Å². The third kappa shape index (κ3) is 3.68. The van der Waals surface area contributed by atoms with Crippen molar-refractivity contribution < 1.29 is 14.3 Å². The number of benzene rings is 2. The maximum atomic E-state index is 13.0. The first-order valence-electron chi connectivity index (χ1n) is 9.48. The van der Waals surface area contributed by atoms with E-state index in [0.717, 1.165) is 29.9 Å². The Bertz CT molecular complexity index is 866. The summed E-state index contributed by atoms with van der Waals surface area (Å²) < 4.78 is 10.5. The van der Waals surface area contributed by atoms with Crippen molar-refractivity contribution in [1.29, 1.82) is 0 Å². The van der Waals surface area contributed by atoms with Crippen molar-refractivity contribution in [2.24, 2.45) is 0 Å². The van der Waals surface area contributed by atoms with Gasteiger partial charge in [0.2, 0.25) is 0 Å². The molecule has 2 aliphatic rings. The van der Waals surface area contributed by atoms with Gasteiger partial charge in [0.25, 0.3) is 5.91 Å². The number of carbonyl (C=O) groups excluding carboxylic acids is 1. The molecule has 146 valence electrons. The molecule has 6 heteroatoms. The van der Waals surface area contributed by atoms with Crippen LogP contribution in [0.3, 0.4) is 0 Å². The smallest absolute Gasteiger partial charge is 0.250 e. The third-order valence-electron chi connectivity index (χ3n) is 5.37. The van der Waals surface area contributed by atoms with Crippen molar-refractivity contribution in [2.75, 3.05) is 20.8 Å². The van der Waals surface area contributed by atoms with Crippen LogP contribution in [0, 0.1) is 0 Å². The molecule has 0 bridgehead atoms. The van der Waals surface area contributed by atoms with E-state index in [0.29, 0.717) is 6.54 Å². The monoisotopic (exact) mass is 379 g/mol. The quantitative estimate of drug-likeness (QED) is 0.836. The normalized spacial score (nSPS) is 21.0. The summed E-state index contributed by atoms with van der Waals surface area (Å²) in [6, 6.07) is 15.9. The fourth-order valence-corrected chi connectivity index (χ4v) is 3.74. The van der Waals surface area contributed by atoms with Gasteiger partial charge in [0.1, 0.15) is 17.5 Å². The second-order valence-electron chi connectivity index (χ2n) is 7.04. The number of fused-ring (bicyclic) bond motifs is 1. The number of nitrogens with one attached hydrogen (secondary N) is 1. The molecular weight excluding hydrogens is 354 g/mol. The highest BCUT2D eigenvalue weighted by atomic mass is 16.5. The summed E-state index contributed by atoms with van der Waals surface area (Å²) in [7, 11) is 3.32. The highest BCUT2D eigenvalue weighted by Gasteiger charge is 2.39. The van der Waals surface area contributed by atoms with Crippen molar-refractivity contribution in [3.8, 4) is 11.5 Å². The first-order chi connectivity index (χ1) is 13.7. The van der Waals surface area contributed by atoms with Crippen molar-refractivity contribution in [2.45, 2.75) is 24.9 Å². The molecule has 2 atom stereocenters. The lowest BCUT2D eigenvalue weighted by molar-refractivity contribution is -0.134. The summed E-state index contributed by atoms with van der Waals surface area (Å²) in [6.45, 7) is 0.663. The highest BCUT2D eigenvalue weighted by molar-refractivity contribution is 5.84. The molecule has 2 aromatic carbocycles. The molecule has 28 heavy (non-hydrogen) atoms. The van der Waals surface area contributed by atoms with E-state index in [4.69, 9.17) is 9.47 Å². The van der Waals surface area contributed by atoms with E-state index < -0.39 is 0 Å². The molecule has 0 spiro atoms. The number of rotatable bonds is 6. The lowest BCUT2D eigenvalue weighted by atomic mass is 10.0. The molecule has 0 aromatic heterocycles. The van der Waals surface area contributed by atoms with Gasteiger partial charge >= 0.3 is 0 Å². The van der Waals surface area contributed by atoms with Crippen molar-refractivity contribution in [3.05, 3.63) is 72.1 Å². The molecule has 2 aromatic rings. The molecule has 2 unspecified atom stereocenters. The number of carbonyl (C=O) groups is 1. The summed E-state index contributed by atoms with van der Waals surface area (Å²) in [5, 5.41) is 1.93. The zero-order chi connectivity index (χ0) is 19.5. The Morgan fingerprint density at radius 2 is 1.82 bits per heavy atom. The predicted octanol–water partition coefficient (Wildman–Crippen LogP) is 2.88. The van der Waals surface area contributed by atoms with Crippen molar-refractivity contribution in [3.63, 3.8) is 0 Å². The molecule has 1 amide bonds. The van der Waals surface area contributed by atoms with Gasteiger partial charge < -0.3 is 19.4 Å². The first kappa shape index (κ1) is 18.4. The van der Waals surface area contributed by atoms with E-state index in [1.165, 1.54) is 5.56 Å². The van der Waals surface area contributed by atoms with E-state index in [2.05, 4.69) is 11.5 Å². The molecule has 1 fully saturated rings. The third-order valence-corrected chi connectivity index (χ3v) is 5.37. The number of ether oxygens (including phenoxy) is 2. The Morgan fingerprint density at radius 1 is 1.04 bits per heavy atom. The van der Waals surface area contributed by atoms with Gasteiger partial charge in [-0.3, -0.25) is 4.79 Å². The topological polar surface area (TPSA) is 54.0 Å². The molecule has 0 aliphatic carbocycles. The minimum atomic E-state index is -0.183. The lowest BCUT2D eigenvalue weighted by Crippen LogP contribution is -2.48. The minimum Gasteiger partial charge on any atom is -0.497 e. The van der Waals surface area contributed by atoms with Crippen LogP contribution >= 0.6 is 0 Å². The maximum absolute atomic E-state index is 13.0. The van der Waals surface area contributed by atoms with Crippen molar-refractivity contribution >= 4 is 5.91 Å². The van der Waals surface area contributed by atoms with Crippen LogP contribution in [0.15, 0.2) is 60.9 Å². The molecule has 0 radical (unpaired) electrons. The largest absolute Gasteiger partial charge is 0.497 e. The summed E-state index contributed by atoms with van der Waals surface area (Å²) >= 11 is 0. The molecule has 0 saturated carbocycles. The number of hydrogen-bond acceptors (Lipinski definition) is 5. The van der Waals surface area contributed by atoms with Gasteiger partial charge in [-0.15, -0.1) is 0 Å². The Labute approximate surface area is 165 Å². The highest BCUT2D eigenvalue weighted by Crippen LogP contribution is 2.32. The summed E-state index contributed by atoms with van der Waals surface area (Å²) in [5.74, 6) is 1.80. The molecule has 1 saturated heterocycles. The Kier molecular flexibility index (Phi) is 5.21. The van der Waals surface area contributed by atoms with Crippen LogP contribution in [0.25, 0.3) is 0 Å². The fourth-order valence-electron chi connectivity index (χ4n) is 3.74. The van der Waals surface area contributed by atoms with Gasteiger partial charge in [-0.2, -0.15) is 0 Å². The standard InChI is InChI=1S/C22H25N3O3/c1-27-18-8-6-16(7-9-18)10-11-24-12-13-25-21(22(24)26)15-20(23-25)17-4-3-5-19(14-17)28-2/h3-9,12-14,20-21,23H,10-11,15H2,1-2H3. The van der Waals surface area contributed by atoms with Crippen LogP contribution in [-0.2, 0) is 11.2 Å². The average molecular weight is 379 g/mol. The minimum absolute atomic E-state index is 0.0928. The van der Waals surface area contributed by atoms with E-state index >= 15 is 0 Å². The Hall–Kier alpha value is -2.99. The van der Waals surface area contributed by atoms with E-state index in [1.54, 1.807) is 14.2 Å². The number of hydrogen-bond donors (Lipinski definition) is 1. The SMILES string of the molecule is COc1ccc(CCN2C=CN3NC(c4cccc(OC)c4)CC3C2=O)cc1. The molecule has 1 N–H and O–H groups in total. The second kappa shape index (κ2) is 7.94. The second-order valence-corrected chi connectivity index (χ2v) is 7.04. The summed E-state index contributed by atoms with van der Waals surface area (Å²) in [5.41, 5.74) is 5.74. The lowest BCUT2D eigenvalue weighted by Gasteiger charge is -2.31. The zero-order valence-corrected chi connectivity index (χ0v) is 16.2. The first-order valence-corrected chi connectivity index (χ1v) is 9.48. The van der Waals surface area contributed by atoms with Gasteiger partial charge in [-0.25, -0.2) is 5.43 Å². The number of nitrogens with zero attached hydrogens (tertiary/aromatic N) is 2. The van der Waals surface area contributed by atoms with Crippen LogP contribution < -0.4 is 14.9 Å². The average Bonchev–Trinajstić information content (AvgIpc) is 3.19. The van der Waals surface area contributed by atoms with Gasteiger partial charge in [0.15, 0.2) is 0 Å². The van der Waals surface area contributed by atoms with Crippen molar-refractivity contribution in [1.82, 2.24) is 15.3 Å². The van der Waals surface area contributed by atoms with Crippen LogP contribution in [0.4, 0.5) is 0 Å². The molecule has 2 heterocycles. The fraction of sp³-hybridized carbons (Fsp3) is 0.318. The van der Waals surface area contributed by atoms with Crippen LogP contribution in [0.2, 0.25) is 0 Å².